The van der Waals surface area contributed by atoms with Crippen LogP contribution in [-0.4, -0.2) is 26.5 Å². The van der Waals surface area contributed by atoms with Crippen LogP contribution in [0.4, 0.5) is 0 Å². The summed E-state index contributed by atoms with van der Waals surface area (Å²) < 4.78 is 41.7. The minimum absolute atomic E-state index is 0.189. The van der Waals surface area contributed by atoms with Crippen molar-refractivity contribution in [1.82, 2.24) is 9.10 Å². The average molecular weight is 312 g/mol. The molecule has 1 aromatic carbocycles. The molecule has 1 unspecified atom stereocenters. The summed E-state index contributed by atoms with van der Waals surface area (Å²) in [5.41, 5.74) is 0.775. The number of para-hydroxylation sites is 1. The number of methoxy groups -OCH3 is 1. The van der Waals surface area contributed by atoms with E-state index in [1.54, 1.807) is 19.2 Å². The Morgan fingerprint density at radius 1 is 1.45 bits per heavy atom. The van der Waals surface area contributed by atoms with Crippen molar-refractivity contribution in [3.8, 4) is 11.5 Å². The number of fused-ring (bicyclic) bond motifs is 1. The van der Waals surface area contributed by atoms with Crippen molar-refractivity contribution in [2.45, 2.75) is 10.3 Å². The van der Waals surface area contributed by atoms with Gasteiger partial charge in [-0.15, -0.1) is 0 Å². The highest BCUT2D eigenvalue weighted by molar-refractivity contribution is 7.91. The Balaban J connectivity index is 1.90. The molecule has 2 aromatic rings. The average Bonchev–Trinajstić information content (AvgIpc) is 3.08. The van der Waals surface area contributed by atoms with Crippen molar-refractivity contribution in [2.75, 3.05) is 13.7 Å². The Morgan fingerprint density at radius 2 is 2.30 bits per heavy atom. The maximum atomic E-state index is 12.2. The van der Waals surface area contributed by atoms with Gasteiger partial charge < -0.3 is 9.47 Å². The van der Waals surface area contributed by atoms with Crippen LogP contribution in [-0.2, 0) is 10.0 Å². The van der Waals surface area contributed by atoms with Gasteiger partial charge in [-0.3, -0.25) is 0 Å². The molecule has 1 aromatic heterocycles. The molecule has 0 spiro atoms. The topological polar surface area (TPSA) is 77.5 Å². The van der Waals surface area contributed by atoms with Crippen LogP contribution in [0.1, 0.15) is 11.6 Å². The summed E-state index contributed by atoms with van der Waals surface area (Å²) in [6, 6.07) is 6.45. The summed E-state index contributed by atoms with van der Waals surface area (Å²) in [5, 5.41) is 0. The van der Waals surface area contributed by atoms with E-state index in [4.69, 9.17) is 9.47 Å². The highest BCUT2D eigenvalue weighted by atomic mass is 32.2. The molecule has 20 heavy (non-hydrogen) atoms. The Bertz CT molecular complexity index is 713. The molecule has 2 heterocycles. The second-order valence-electron chi connectivity index (χ2n) is 4.19. The molecular weight excluding hydrogens is 300 g/mol. The van der Waals surface area contributed by atoms with Gasteiger partial charge in [0.05, 0.1) is 13.2 Å². The minimum Gasteiger partial charge on any atom is -0.493 e. The van der Waals surface area contributed by atoms with E-state index in [9.17, 15) is 8.42 Å². The van der Waals surface area contributed by atoms with Gasteiger partial charge in [0, 0.05) is 11.8 Å². The van der Waals surface area contributed by atoms with Gasteiger partial charge in [-0.05, 0) is 23.7 Å². The molecule has 1 N–H and O–H groups in total. The molecule has 0 amide bonds. The SMILES string of the molecule is COc1cccc2c1OCC2NS(=O)(=O)c1ccns1. The third kappa shape index (κ3) is 2.26. The lowest BCUT2D eigenvalue weighted by molar-refractivity contribution is 0.305. The van der Waals surface area contributed by atoms with Crippen molar-refractivity contribution in [2.24, 2.45) is 0 Å². The van der Waals surface area contributed by atoms with Gasteiger partial charge in [-0.2, -0.15) is 9.10 Å². The molecule has 0 fully saturated rings. The van der Waals surface area contributed by atoms with Gasteiger partial charge in [0.2, 0.25) is 0 Å². The minimum atomic E-state index is -3.58. The fourth-order valence-electron chi connectivity index (χ4n) is 2.06. The molecule has 106 valence electrons. The first-order valence-corrected chi connectivity index (χ1v) is 8.10. The van der Waals surface area contributed by atoms with E-state index < -0.39 is 16.1 Å². The van der Waals surface area contributed by atoms with Gasteiger partial charge in [0.15, 0.2) is 15.7 Å². The van der Waals surface area contributed by atoms with Crippen LogP contribution in [0.25, 0.3) is 0 Å². The normalized spacial score (nSPS) is 17.6. The molecule has 0 radical (unpaired) electrons. The molecule has 0 saturated carbocycles. The Morgan fingerprint density at radius 3 is 3.00 bits per heavy atom. The highest BCUT2D eigenvalue weighted by Crippen LogP contribution is 2.40. The van der Waals surface area contributed by atoms with Crippen LogP contribution in [0.5, 0.6) is 11.5 Å². The second-order valence-corrected chi connectivity index (χ2v) is 6.97. The summed E-state index contributed by atoms with van der Waals surface area (Å²) in [6.07, 6.45) is 1.46. The molecule has 0 aliphatic carbocycles. The van der Waals surface area contributed by atoms with E-state index in [2.05, 4.69) is 9.10 Å². The number of nitrogens with zero attached hydrogens (tertiary/aromatic N) is 1. The Labute approximate surface area is 120 Å². The smallest absolute Gasteiger partial charge is 0.252 e. The van der Waals surface area contributed by atoms with Crippen molar-refractivity contribution in [3.63, 3.8) is 0 Å². The Hall–Kier alpha value is -1.64. The molecular formula is C12H12N2O4S2. The number of rotatable bonds is 4. The molecule has 1 atom stereocenters. The van der Waals surface area contributed by atoms with Crippen LogP contribution in [0.2, 0.25) is 0 Å². The number of nitrogens with one attached hydrogen (secondary N) is 1. The number of hydrogen-bond donors (Lipinski definition) is 1. The van der Waals surface area contributed by atoms with Crippen molar-refractivity contribution < 1.29 is 17.9 Å². The number of benzene rings is 1. The zero-order chi connectivity index (χ0) is 14.2. The van der Waals surface area contributed by atoms with Crippen LogP contribution in [0.3, 0.4) is 0 Å². The third-order valence-electron chi connectivity index (χ3n) is 2.98. The number of sulfonamides is 1. The standard InChI is InChI=1S/C12H12N2O4S2/c1-17-10-4-2-3-8-9(7-18-12(8)10)14-20(15,16)11-5-6-13-19-11/h2-6,9,14H,7H2,1H3. The summed E-state index contributed by atoms with van der Waals surface area (Å²) in [6.45, 7) is 0.244. The molecule has 1 aliphatic rings. The molecule has 0 saturated heterocycles. The molecule has 8 heteroatoms. The first-order chi connectivity index (χ1) is 9.62. The monoisotopic (exact) mass is 312 g/mol. The second kappa shape index (κ2) is 5.04. The van der Waals surface area contributed by atoms with Gasteiger partial charge in [0.1, 0.15) is 6.61 Å². The number of ether oxygens (including phenoxy) is 2. The van der Waals surface area contributed by atoms with E-state index in [1.807, 2.05) is 6.07 Å². The van der Waals surface area contributed by atoms with Crippen LogP contribution >= 0.6 is 11.5 Å². The molecule has 1 aliphatic heterocycles. The lowest BCUT2D eigenvalue weighted by Crippen LogP contribution is -2.29. The van der Waals surface area contributed by atoms with Crippen LogP contribution in [0, 0.1) is 0 Å². The van der Waals surface area contributed by atoms with Crippen LogP contribution < -0.4 is 14.2 Å². The lowest BCUT2D eigenvalue weighted by atomic mass is 10.1. The maximum Gasteiger partial charge on any atom is 0.252 e. The summed E-state index contributed by atoms with van der Waals surface area (Å²) in [4.78, 5) is 0. The molecule has 3 rings (SSSR count). The highest BCUT2D eigenvalue weighted by Gasteiger charge is 2.31. The van der Waals surface area contributed by atoms with Gasteiger partial charge >= 0.3 is 0 Å². The fourth-order valence-corrected chi connectivity index (χ4v) is 4.00. The van der Waals surface area contributed by atoms with Crippen molar-refractivity contribution in [1.29, 1.82) is 0 Å². The van der Waals surface area contributed by atoms with Gasteiger partial charge in [0.25, 0.3) is 10.0 Å². The summed E-state index contributed by atoms with van der Waals surface area (Å²) in [7, 11) is -2.03. The fraction of sp³-hybridized carbons (Fsp3) is 0.250. The third-order valence-corrected chi connectivity index (χ3v) is 5.66. The first-order valence-electron chi connectivity index (χ1n) is 5.84. The van der Waals surface area contributed by atoms with E-state index in [0.29, 0.717) is 11.5 Å². The first kappa shape index (κ1) is 13.3. The van der Waals surface area contributed by atoms with Gasteiger partial charge in [-0.25, -0.2) is 8.42 Å². The predicted molar refractivity (Wildman–Crippen MR) is 73.7 cm³/mol. The molecule has 6 nitrogen and oxygen atoms in total. The van der Waals surface area contributed by atoms with E-state index in [0.717, 1.165) is 17.1 Å². The quantitative estimate of drug-likeness (QED) is 0.927. The lowest BCUT2D eigenvalue weighted by Gasteiger charge is -2.11. The Kier molecular flexibility index (Phi) is 3.36. The number of hydrogen-bond acceptors (Lipinski definition) is 6. The van der Waals surface area contributed by atoms with E-state index >= 15 is 0 Å². The summed E-state index contributed by atoms with van der Waals surface area (Å²) in [5.74, 6) is 1.19. The summed E-state index contributed by atoms with van der Waals surface area (Å²) >= 11 is 0.936. The van der Waals surface area contributed by atoms with Crippen molar-refractivity contribution >= 4 is 21.6 Å². The largest absolute Gasteiger partial charge is 0.493 e. The zero-order valence-electron chi connectivity index (χ0n) is 10.6. The van der Waals surface area contributed by atoms with Crippen LogP contribution in [0.15, 0.2) is 34.7 Å². The molecule has 0 bridgehead atoms. The van der Waals surface area contributed by atoms with E-state index in [-0.39, 0.29) is 10.8 Å². The maximum absolute atomic E-state index is 12.2. The van der Waals surface area contributed by atoms with Gasteiger partial charge in [-0.1, -0.05) is 12.1 Å². The zero-order valence-corrected chi connectivity index (χ0v) is 12.2. The van der Waals surface area contributed by atoms with E-state index in [1.165, 1.54) is 12.3 Å². The number of aromatic nitrogens is 1. The van der Waals surface area contributed by atoms with Crippen molar-refractivity contribution in [3.05, 3.63) is 36.0 Å². The predicted octanol–water partition coefficient (Wildman–Crippen LogP) is 1.56.